The molecular formula is C16H15NOS. The highest BCUT2D eigenvalue weighted by molar-refractivity contribution is 7.99. The number of rotatable bonds is 3. The van der Waals surface area contributed by atoms with Crippen LogP contribution in [0.15, 0.2) is 58.5 Å². The van der Waals surface area contributed by atoms with Crippen molar-refractivity contribution in [2.75, 3.05) is 7.11 Å². The van der Waals surface area contributed by atoms with Gasteiger partial charge in [-0.1, -0.05) is 29.5 Å². The van der Waals surface area contributed by atoms with Crippen LogP contribution < -0.4 is 4.74 Å². The summed E-state index contributed by atoms with van der Waals surface area (Å²) >= 11 is 1.75. The molecule has 96 valence electrons. The molecular weight excluding hydrogens is 254 g/mol. The quantitative estimate of drug-likeness (QED) is 0.749. The average molecular weight is 269 g/mol. The molecule has 0 unspecified atom stereocenters. The third-order valence-corrected chi connectivity index (χ3v) is 4.12. The second-order valence-corrected chi connectivity index (χ2v) is 5.60. The number of benzene rings is 2. The van der Waals surface area contributed by atoms with E-state index in [0.29, 0.717) is 0 Å². The van der Waals surface area contributed by atoms with E-state index >= 15 is 0 Å². The number of nitrogens with one attached hydrogen (secondary N) is 1. The zero-order valence-corrected chi connectivity index (χ0v) is 11.8. The Labute approximate surface area is 116 Å². The summed E-state index contributed by atoms with van der Waals surface area (Å²) in [4.78, 5) is 5.74. The van der Waals surface area contributed by atoms with Crippen molar-refractivity contribution in [1.82, 2.24) is 4.98 Å². The predicted molar refractivity (Wildman–Crippen MR) is 80.2 cm³/mol. The van der Waals surface area contributed by atoms with Gasteiger partial charge in [-0.15, -0.1) is 0 Å². The van der Waals surface area contributed by atoms with E-state index in [1.165, 1.54) is 26.3 Å². The molecule has 1 N–H and O–H groups in total. The van der Waals surface area contributed by atoms with Gasteiger partial charge < -0.3 is 9.72 Å². The number of H-pyrrole nitrogens is 1. The molecule has 0 saturated carbocycles. The lowest BCUT2D eigenvalue weighted by atomic mass is 10.2. The second kappa shape index (κ2) is 5.02. The fourth-order valence-corrected chi connectivity index (χ4v) is 3.06. The number of fused-ring (bicyclic) bond motifs is 1. The Balaban J connectivity index is 1.98. The first-order valence-corrected chi connectivity index (χ1v) is 6.97. The number of hydrogen-bond donors (Lipinski definition) is 1. The van der Waals surface area contributed by atoms with E-state index < -0.39 is 0 Å². The van der Waals surface area contributed by atoms with Crippen molar-refractivity contribution in [2.45, 2.75) is 16.7 Å². The number of aromatic nitrogens is 1. The Morgan fingerprint density at radius 2 is 2.00 bits per heavy atom. The van der Waals surface area contributed by atoms with Crippen LogP contribution in [0.3, 0.4) is 0 Å². The van der Waals surface area contributed by atoms with Gasteiger partial charge in [-0.2, -0.15) is 0 Å². The van der Waals surface area contributed by atoms with E-state index in [0.717, 1.165) is 5.75 Å². The topological polar surface area (TPSA) is 25.0 Å². The van der Waals surface area contributed by atoms with E-state index in [1.807, 2.05) is 12.1 Å². The molecule has 3 rings (SSSR count). The average Bonchev–Trinajstić information content (AvgIpc) is 2.81. The van der Waals surface area contributed by atoms with Gasteiger partial charge in [0.25, 0.3) is 0 Å². The number of aromatic amines is 1. The second-order valence-electron chi connectivity index (χ2n) is 4.48. The van der Waals surface area contributed by atoms with E-state index in [9.17, 15) is 0 Å². The van der Waals surface area contributed by atoms with Gasteiger partial charge in [0.2, 0.25) is 0 Å². The zero-order valence-electron chi connectivity index (χ0n) is 10.9. The van der Waals surface area contributed by atoms with Gasteiger partial charge in [0.1, 0.15) is 5.75 Å². The smallest absolute Gasteiger partial charge is 0.119 e. The fraction of sp³-hybridized carbons (Fsp3) is 0.125. The molecule has 0 saturated heterocycles. The monoisotopic (exact) mass is 269 g/mol. The number of ether oxygens (including phenoxy) is 1. The Kier molecular flexibility index (Phi) is 3.22. The Morgan fingerprint density at radius 1 is 1.11 bits per heavy atom. The summed E-state index contributed by atoms with van der Waals surface area (Å²) in [5.74, 6) is 0.890. The molecule has 3 heteroatoms. The molecule has 0 atom stereocenters. The highest BCUT2D eigenvalue weighted by Gasteiger charge is 2.06. The highest BCUT2D eigenvalue weighted by atomic mass is 32.2. The summed E-state index contributed by atoms with van der Waals surface area (Å²) in [6.07, 6.45) is 2.06. The van der Waals surface area contributed by atoms with Crippen molar-refractivity contribution >= 4 is 22.7 Å². The number of hydrogen-bond acceptors (Lipinski definition) is 2. The summed E-state index contributed by atoms with van der Waals surface area (Å²) in [5.41, 5.74) is 2.45. The molecule has 3 aromatic rings. The molecule has 0 aliphatic carbocycles. The molecule has 0 amide bonds. The van der Waals surface area contributed by atoms with Crippen LogP contribution in [-0.4, -0.2) is 12.1 Å². The van der Waals surface area contributed by atoms with E-state index in [1.54, 1.807) is 18.9 Å². The summed E-state index contributed by atoms with van der Waals surface area (Å²) in [6, 6.07) is 14.6. The molecule has 0 bridgehead atoms. The van der Waals surface area contributed by atoms with Crippen LogP contribution in [0.1, 0.15) is 5.56 Å². The van der Waals surface area contributed by atoms with E-state index in [4.69, 9.17) is 4.74 Å². The van der Waals surface area contributed by atoms with Crippen molar-refractivity contribution in [3.05, 3.63) is 54.2 Å². The van der Waals surface area contributed by atoms with Gasteiger partial charge in [-0.05, 0) is 37.3 Å². The first-order chi connectivity index (χ1) is 9.26. The lowest BCUT2D eigenvalue weighted by Gasteiger charge is -2.03. The number of aryl methyl sites for hydroxylation is 1. The molecule has 1 heterocycles. The number of methoxy groups -OCH3 is 1. The summed E-state index contributed by atoms with van der Waals surface area (Å²) in [5, 5.41) is 1.27. The van der Waals surface area contributed by atoms with Gasteiger partial charge in [0.15, 0.2) is 0 Å². The van der Waals surface area contributed by atoms with Crippen LogP contribution in [-0.2, 0) is 0 Å². The van der Waals surface area contributed by atoms with Crippen molar-refractivity contribution in [3.8, 4) is 5.75 Å². The Morgan fingerprint density at radius 3 is 2.84 bits per heavy atom. The van der Waals surface area contributed by atoms with Crippen molar-refractivity contribution in [2.24, 2.45) is 0 Å². The van der Waals surface area contributed by atoms with Gasteiger partial charge in [0.05, 0.1) is 7.11 Å². The fourth-order valence-electron chi connectivity index (χ4n) is 2.08. The largest absolute Gasteiger partial charge is 0.497 e. The first-order valence-electron chi connectivity index (χ1n) is 6.16. The lowest BCUT2D eigenvalue weighted by Crippen LogP contribution is -1.81. The normalized spacial score (nSPS) is 10.8. The maximum absolute atomic E-state index is 5.26. The molecule has 2 aromatic carbocycles. The molecule has 1 aromatic heterocycles. The highest BCUT2D eigenvalue weighted by Crippen LogP contribution is 2.35. The third kappa shape index (κ3) is 2.47. The summed E-state index contributed by atoms with van der Waals surface area (Å²) < 4.78 is 5.26. The predicted octanol–water partition coefficient (Wildman–Crippen LogP) is 4.64. The zero-order chi connectivity index (χ0) is 13.2. The Hall–Kier alpha value is -1.87. The van der Waals surface area contributed by atoms with Crippen molar-refractivity contribution in [3.63, 3.8) is 0 Å². The van der Waals surface area contributed by atoms with Crippen LogP contribution >= 0.6 is 11.8 Å². The minimum atomic E-state index is 0.890. The molecule has 0 aliphatic heterocycles. The van der Waals surface area contributed by atoms with E-state index in [2.05, 4.69) is 48.4 Å². The maximum Gasteiger partial charge on any atom is 0.119 e. The molecule has 0 fully saturated rings. The van der Waals surface area contributed by atoms with E-state index in [-0.39, 0.29) is 0 Å². The Bertz CT molecular complexity index is 718. The SMILES string of the molecule is COc1cccc(Sc2c[nH]c3ccc(C)cc23)c1. The van der Waals surface area contributed by atoms with Crippen molar-refractivity contribution in [1.29, 1.82) is 0 Å². The first kappa shape index (κ1) is 12.2. The molecule has 0 radical (unpaired) electrons. The van der Waals surface area contributed by atoms with Gasteiger partial charge >= 0.3 is 0 Å². The van der Waals surface area contributed by atoms with Gasteiger partial charge in [0, 0.05) is 26.9 Å². The molecule has 0 aliphatic rings. The van der Waals surface area contributed by atoms with Gasteiger partial charge in [-0.25, -0.2) is 0 Å². The van der Waals surface area contributed by atoms with Crippen LogP contribution in [0.5, 0.6) is 5.75 Å². The standard InChI is InChI=1S/C16H15NOS/c1-11-6-7-15-14(8-11)16(10-17-15)19-13-5-3-4-12(9-13)18-2/h3-10,17H,1-2H3. The lowest BCUT2D eigenvalue weighted by molar-refractivity contribution is 0.413. The van der Waals surface area contributed by atoms with Crippen LogP contribution in [0.25, 0.3) is 10.9 Å². The third-order valence-electron chi connectivity index (χ3n) is 3.07. The van der Waals surface area contributed by atoms with Crippen LogP contribution in [0.4, 0.5) is 0 Å². The minimum absolute atomic E-state index is 0.890. The minimum Gasteiger partial charge on any atom is -0.497 e. The summed E-state index contributed by atoms with van der Waals surface area (Å²) in [7, 11) is 1.69. The van der Waals surface area contributed by atoms with Crippen molar-refractivity contribution < 1.29 is 4.74 Å². The van der Waals surface area contributed by atoms with Crippen LogP contribution in [0.2, 0.25) is 0 Å². The molecule has 2 nitrogen and oxygen atoms in total. The maximum atomic E-state index is 5.26. The molecule has 19 heavy (non-hydrogen) atoms. The summed E-state index contributed by atoms with van der Waals surface area (Å²) in [6.45, 7) is 2.12. The molecule has 0 spiro atoms. The van der Waals surface area contributed by atoms with Crippen LogP contribution in [0, 0.1) is 6.92 Å². The van der Waals surface area contributed by atoms with Gasteiger partial charge in [-0.3, -0.25) is 0 Å².